The van der Waals surface area contributed by atoms with Gasteiger partial charge in [-0.2, -0.15) is 4.73 Å². The minimum Gasteiger partial charge on any atom is -0.618 e. The summed E-state index contributed by atoms with van der Waals surface area (Å²) in [5.74, 6) is 0. The van der Waals surface area contributed by atoms with Gasteiger partial charge in [-0.15, -0.1) is 24.8 Å². The summed E-state index contributed by atoms with van der Waals surface area (Å²) < 4.78 is 0.623. The van der Waals surface area contributed by atoms with Crippen LogP contribution in [0.5, 0.6) is 0 Å². The van der Waals surface area contributed by atoms with Gasteiger partial charge in [0.2, 0.25) is 0 Å². The molecule has 1 aliphatic rings. The fourth-order valence-electron chi connectivity index (χ4n) is 2.42. The molecule has 0 unspecified atom stereocenters. The second-order valence-electron chi connectivity index (χ2n) is 4.75. The lowest BCUT2D eigenvalue weighted by Gasteiger charge is -2.22. The Hall–Kier alpha value is -1.31. The molecule has 2 heterocycles. The molecule has 0 spiro atoms. The van der Waals surface area contributed by atoms with Gasteiger partial charge >= 0.3 is 5.69 Å². The van der Waals surface area contributed by atoms with E-state index in [2.05, 4.69) is 5.32 Å². The first-order valence-electron chi connectivity index (χ1n) is 6.36. The quantitative estimate of drug-likeness (QED) is 0.382. The third-order valence-electron chi connectivity index (χ3n) is 3.42. The standard InChI is InChI=1S/C12H18N4O3.2ClH/c1-9-8-11(14-6-3-4-13-5-7-14)12(16(18)19)10(2)15(9)17;;/h8,13H,3-7H2,1-2H3;2*1H. The number of nitro groups is 1. The Labute approximate surface area is 135 Å². The molecule has 1 aromatic rings. The lowest BCUT2D eigenvalue weighted by Crippen LogP contribution is -2.37. The third-order valence-corrected chi connectivity index (χ3v) is 3.42. The molecule has 0 aromatic carbocycles. The Morgan fingerprint density at radius 3 is 2.57 bits per heavy atom. The van der Waals surface area contributed by atoms with E-state index in [1.54, 1.807) is 13.0 Å². The minimum absolute atomic E-state index is 0. The molecule has 0 bridgehead atoms. The molecule has 7 nitrogen and oxygen atoms in total. The van der Waals surface area contributed by atoms with Crippen LogP contribution in [0.15, 0.2) is 6.07 Å². The molecule has 1 fully saturated rings. The maximum absolute atomic E-state index is 11.8. The first-order chi connectivity index (χ1) is 9.02. The fraction of sp³-hybridized carbons (Fsp3) is 0.583. The van der Waals surface area contributed by atoms with E-state index in [1.165, 1.54) is 6.92 Å². The number of anilines is 1. The van der Waals surface area contributed by atoms with Gasteiger partial charge in [0.25, 0.3) is 5.69 Å². The Bertz CT molecular complexity index is 506. The van der Waals surface area contributed by atoms with Gasteiger partial charge in [0.15, 0.2) is 5.69 Å². The molecule has 1 aromatic heterocycles. The number of hydrogen-bond acceptors (Lipinski definition) is 5. The second-order valence-corrected chi connectivity index (χ2v) is 4.75. The maximum atomic E-state index is 11.8. The first-order valence-corrected chi connectivity index (χ1v) is 6.36. The summed E-state index contributed by atoms with van der Waals surface area (Å²) in [6.07, 6.45) is 0.932. The van der Waals surface area contributed by atoms with E-state index in [0.717, 1.165) is 26.1 Å². The van der Waals surface area contributed by atoms with E-state index in [1.807, 2.05) is 4.90 Å². The zero-order valence-electron chi connectivity index (χ0n) is 12.0. The van der Waals surface area contributed by atoms with E-state index in [0.29, 0.717) is 22.7 Å². The number of nitrogens with one attached hydrogen (secondary N) is 1. The fourth-order valence-corrected chi connectivity index (χ4v) is 2.42. The van der Waals surface area contributed by atoms with Crippen LogP contribution in [-0.4, -0.2) is 31.1 Å². The summed E-state index contributed by atoms with van der Waals surface area (Å²) in [4.78, 5) is 12.8. The van der Waals surface area contributed by atoms with Crippen LogP contribution >= 0.6 is 24.8 Å². The van der Waals surface area contributed by atoms with E-state index in [-0.39, 0.29) is 36.2 Å². The monoisotopic (exact) mass is 338 g/mol. The normalized spacial score (nSPS) is 14.7. The van der Waals surface area contributed by atoms with Gasteiger partial charge in [0.1, 0.15) is 5.69 Å². The van der Waals surface area contributed by atoms with Gasteiger partial charge in [-0.05, 0) is 13.0 Å². The Balaban J connectivity index is 0.00000200. The van der Waals surface area contributed by atoms with Crippen LogP contribution in [-0.2, 0) is 0 Å². The zero-order valence-corrected chi connectivity index (χ0v) is 13.6. The van der Waals surface area contributed by atoms with E-state index in [9.17, 15) is 15.3 Å². The third kappa shape index (κ3) is 4.09. The largest absolute Gasteiger partial charge is 0.618 e. The number of rotatable bonds is 2. The Morgan fingerprint density at radius 2 is 1.95 bits per heavy atom. The minimum atomic E-state index is -0.461. The zero-order chi connectivity index (χ0) is 14.0. The second kappa shape index (κ2) is 8.21. The van der Waals surface area contributed by atoms with Crippen LogP contribution in [0.2, 0.25) is 0 Å². The SMILES string of the molecule is Cc1cc(N2CCCNCC2)c([N+](=O)[O-])c(C)[n+]1[O-].Cl.Cl. The van der Waals surface area contributed by atoms with E-state index in [4.69, 9.17) is 0 Å². The lowest BCUT2D eigenvalue weighted by atomic mass is 10.2. The highest BCUT2D eigenvalue weighted by atomic mass is 35.5. The van der Waals surface area contributed by atoms with Crippen molar-refractivity contribution in [1.29, 1.82) is 0 Å². The average Bonchev–Trinajstić information content (AvgIpc) is 2.63. The highest BCUT2D eigenvalue weighted by Crippen LogP contribution is 2.30. The average molecular weight is 339 g/mol. The van der Waals surface area contributed by atoms with Crippen molar-refractivity contribution in [2.75, 3.05) is 31.1 Å². The smallest absolute Gasteiger partial charge is 0.359 e. The summed E-state index contributed by atoms with van der Waals surface area (Å²) in [6.45, 7) is 6.34. The predicted molar refractivity (Wildman–Crippen MR) is 85.7 cm³/mol. The molecular weight excluding hydrogens is 319 g/mol. The molecule has 2 rings (SSSR count). The maximum Gasteiger partial charge on any atom is 0.359 e. The summed E-state index contributed by atoms with van der Waals surface area (Å²) in [6, 6.07) is 1.61. The molecule has 0 aliphatic carbocycles. The lowest BCUT2D eigenvalue weighted by molar-refractivity contribution is -0.623. The molecule has 0 atom stereocenters. The van der Waals surface area contributed by atoms with Gasteiger partial charge in [-0.25, -0.2) is 0 Å². The van der Waals surface area contributed by atoms with E-state index >= 15 is 0 Å². The Morgan fingerprint density at radius 1 is 1.29 bits per heavy atom. The molecule has 120 valence electrons. The number of aryl methyl sites for hydroxylation is 1. The summed E-state index contributed by atoms with van der Waals surface area (Å²) in [7, 11) is 0. The van der Waals surface area contributed by atoms with Crippen LogP contribution in [0.3, 0.4) is 0 Å². The molecule has 21 heavy (non-hydrogen) atoms. The van der Waals surface area contributed by atoms with Crippen molar-refractivity contribution >= 4 is 36.2 Å². The number of pyridine rings is 1. The highest BCUT2D eigenvalue weighted by molar-refractivity contribution is 5.85. The summed E-state index contributed by atoms with van der Waals surface area (Å²) in [5.41, 5.74) is 1.10. The first kappa shape index (κ1) is 19.7. The molecule has 9 heteroatoms. The topological polar surface area (TPSA) is 85.3 Å². The Kier molecular flexibility index (Phi) is 7.70. The van der Waals surface area contributed by atoms with Crippen LogP contribution < -0.4 is 14.9 Å². The molecule has 1 N–H and O–H groups in total. The van der Waals surface area contributed by atoms with Gasteiger partial charge in [0.05, 0.1) is 4.92 Å². The molecule has 1 aliphatic heterocycles. The van der Waals surface area contributed by atoms with Crippen molar-refractivity contribution in [2.45, 2.75) is 20.3 Å². The van der Waals surface area contributed by atoms with Crippen molar-refractivity contribution < 1.29 is 9.65 Å². The van der Waals surface area contributed by atoms with Gasteiger partial charge in [-0.1, -0.05) is 0 Å². The number of aromatic nitrogens is 1. The van der Waals surface area contributed by atoms with Crippen LogP contribution in [0, 0.1) is 29.2 Å². The van der Waals surface area contributed by atoms with Gasteiger partial charge < -0.3 is 15.4 Å². The molecule has 1 saturated heterocycles. The molecular formula is C12H20Cl2N4O3. The number of halogens is 2. The number of nitrogens with zero attached hydrogens (tertiary/aromatic N) is 3. The van der Waals surface area contributed by atoms with Crippen molar-refractivity contribution in [1.82, 2.24) is 5.32 Å². The number of hydrogen-bond donors (Lipinski definition) is 1. The van der Waals surface area contributed by atoms with Crippen molar-refractivity contribution in [3.63, 3.8) is 0 Å². The molecule has 0 radical (unpaired) electrons. The highest BCUT2D eigenvalue weighted by Gasteiger charge is 2.29. The van der Waals surface area contributed by atoms with Crippen molar-refractivity contribution in [3.8, 4) is 0 Å². The van der Waals surface area contributed by atoms with Crippen LogP contribution in [0.1, 0.15) is 17.8 Å². The molecule has 0 saturated carbocycles. The van der Waals surface area contributed by atoms with Crippen LogP contribution in [0.4, 0.5) is 11.4 Å². The van der Waals surface area contributed by atoms with Crippen molar-refractivity contribution in [3.05, 3.63) is 32.8 Å². The van der Waals surface area contributed by atoms with Crippen LogP contribution in [0.25, 0.3) is 0 Å². The molecule has 0 amide bonds. The van der Waals surface area contributed by atoms with Gasteiger partial charge in [-0.3, -0.25) is 10.1 Å². The summed E-state index contributed by atoms with van der Waals surface area (Å²) >= 11 is 0. The summed E-state index contributed by atoms with van der Waals surface area (Å²) in [5, 5.41) is 26.3. The van der Waals surface area contributed by atoms with Gasteiger partial charge in [0, 0.05) is 39.5 Å². The van der Waals surface area contributed by atoms with Crippen molar-refractivity contribution in [2.24, 2.45) is 0 Å². The predicted octanol–water partition coefficient (Wildman–Crippen LogP) is 1.49. The van der Waals surface area contributed by atoms with E-state index < -0.39 is 4.92 Å².